The maximum Gasteiger partial charge on any atom is 0.243 e. The molecule has 0 spiro atoms. The minimum absolute atomic E-state index is 0.0282. The van der Waals surface area contributed by atoms with Gasteiger partial charge in [-0.25, -0.2) is 8.42 Å². The van der Waals surface area contributed by atoms with Gasteiger partial charge in [0.25, 0.3) is 0 Å². The smallest absolute Gasteiger partial charge is 0.243 e. The van der Waals surface area contributed by atoms with E-state index in [1.807, 2.05) is 13.0 Å². The van der Waals surface area contributed by atoms with Crippen molar-refractivity contribution in [3.05, 3.63) is 29.8 Å². The van der Waals surface area contributed by atoms with Crippen LogP contribution >= 0.6 is 0 Å². The lowest BCUT2D eigenvalue weighted by Gasteiger charge is -2.16. The molecule has 4 nitrogen and oxygen atoms in total. The van der Waals surface area contributed by atoms with Crippen molar-refractivity contribution in [2.24, 2.45) is 5.73 Å². The fraction of sp³-hybridized carbons (Fsp3) is 0.455. The van der Waals surface area contributed by atoms with Crippen molar-refractivity contribution in [3.63, 3.8) is 0 Å². The summed E-state index contributed by atoms with van der Waals surface area (Å²) in [5, 5.41) is 0. The molecule has 0 bridgehead atoms. The van der Waals surface area contributed by atoms with Gasteiger partial charge in [0.05, 0.1) is 4.90 Å². The second kappa shape index (κ2) is 4.16. The fourth-order valence-corrected chi connectivity index (χ4v) is 3.51. The average molecular weight is 240 g/mol. The van der Waals surface area contributed by atoms with Gasteiger partial charge in [-0.3, -0.25) is 0 Å². The minimum Gasteiger partial charge on any atom is -0.326 e. The van der Waals surface area contributed by atoms with Crippen molar-refractivity contribution in [2.75, 3.05) is 13.1 Å². The molecule has 1 fully saturated rings. The molecule has 1 atom stereocenters. The maximum atomic E-state index is 12.2. The first-order valence-electron chi connectivity index (χ1n) is 5.32. The summed E-state index contributed by atoms with van der Waals surface area (Å²) in [6, 6.07) is 6.94. The summed E-state index contributed by atoms with van der Waals surface area (Å²) in [6.07, 6.45) is 0.741. The molecule has 0 radical (unpaired) electrons. The monoisotopic (exact) mass is 240 g/mol. The topological polar surface area (TPSA) is 63.4 Å². The molecule has 16 heavy (non-hydrogen) atoms. The van der Waals surface area contributed by atoms with E-state index >= 15 is 0 Å². The van der Waals surface area contributed by atoms with Crippen molar-refractivity contribution < 1.29 is 8.42 Å². The van der Waals surface area contributed by atoms with Crippen LogP contribution < -0.4 is 5.73 Å². The molecule has 0 unspecified atom stereocenters. The lowest BCUT2D eigenvalue weighted by atomic mass is 10.2. The van der Waals surface area contributed by atoms with Gasteiger partial charge >= 0.3 is 0 Å². The zero-order valence-electron chi connectivity index (χ0n) is 9.26. The molecule has 0 saturated carbocycles. The largest absolute Gasteiger partial charge is 0.326 e. The Morgan fingerprint density at radius 1 is 1.44 bits per heavy atom. The molecule has 1 aromatic carbocycles. The van der Waals surface area contributed by atoms with Gasteiger partial charge in [-0.1, -0.05) is 12.1 Å². The SMILES string of the molecule is Cc1cccc(S(=O)(=O)N2CC[C@H](N)C2)c1. The van der Waals surface area contributed by atoms with E-state index in [0.717, 1.165) is 12.0 Å². The van der Waals surface area contributed by atoms with E-state index in [-0.39, 0.29) is 6.04 Å². The fourth-order valence-electron chi connectivity index (χ4n) is 1.90. The molecule has 0 aliphatic carbocycles. The molecule has 0 amide bonds. The number of hydrogen-bond donors (Lipinski definition) is 1. The van der Waals surface area contributed by atoms with Crippen LogP contribution in [0.4, 0.5) is 0 Å². The Hall–Kier alpha value is -0.910. The summed E-state index contributed by atoms with van der Waals surface area (Å²) in [6.45, 7) is 2.84. The number of rotatable bonds is 2. The Balaban J connectivity index is 2.32. The Morgan fingerprint density at radius 2 is 2.19 bits per heavy atom. The van der Waals surface area contributed by atoms with E-state index in [4.69, 9.17) is 5.73 Å². The van der Waals surface area contributed by atoms with E-state index in [1.165, 1.54) is 4.31 Å². The van der Waals surface area contributed by atoms with Crippen LogP contribution in [0.3, 0.4) is 0 Å². The van der Waals surface area contributed by atoms with Crippen molar-refractivity contribution in [3.8, 4) is 0 Å². The highest BCUT2D eigenvalue weighted by molar-refractivity contribution is 7.89. The number of aryl methyl sites for hydroxylation is 1. The van der Waals surface area contributed by atoms with Crippen molar-refractivity contribution in [1.82, 2.24) is 4.31 Å². The second-order valence-corrected chi connectivity index (χ2v) is 6.17. The molecule has 5 heteroatoms. The third kappa shape index (κ3) is 2.11. The Kier molecular flexibility index (Phi) is 3.01. The lowest BCUT2D eigenvalue weighted by Crippen LogP contribution is -2.31. The van der Waals surface area contributed by atoms with Gasteiger partial charge in [0.15, 0.2) is 0 Å². The van der Waals surface area contributed by atoms with E-state index < -0.39 is 10.0 Å². The number of nitrogens with two attached hydrogens (primary N) is 1. The summed E-state index contributed by atoms with van der Waals surface area (Å²) in [4.78, 5) is 0.363. The molecule has 1 heterocycles. The molecular formula is C11H16N2O2S. The predicted molar refractivity (Wildman–Crippen MR) is 62.5 cm³/mol. The van der Waals surface area contributed by atoms with Crippen LogP contribution in [0, 0.1) is 6.92 Å². The Morgan fingerprint density at radius 3 is 2.75 bits per heavy atom. The lowest BCUT2D eigenvalue weighted by molar-refractivity contribution is 0.472. The third-order valence-electron chi connectivity index (χ3n) is 2.81. The average Bonchev–Trinajstić information content (AvgIpc) is 2.65. The van der Waals surface area contributed by atoms with E-state index in [1.54, 1.807) is 18.2 Å². The highest BCUT2D eigenvalue weighted by Crippen LogP contribution is 2.20. The van der Waals surface area contributed by atoms with Gasteiger partial charge in [0.2, 0.25) is 10.0 Å². The van der Waals surface area contributed by atoms with Crippen LogP contribution in [0.1, 0.15) is 12.0 Å². The standard InChI is InChI=1S/C11H16N2O2S/c1-9-3-2-4-11(7-9)16(14,15)13-6-5-10(12)8-13/h2-4,7,10H,5-6,8,12H2,1H3/t10-/m0/s1. The molecule has 1 aromatic rings. The van der Waals surface area contributed by atoms with Crippen LogP contribution in [-0.2, 0) is 10.0 Å². The van der Waals surface area contributed by atoms with Crippen LogP contribution in [0.25, 0.3) is 0 Å². The van der Waals surface area contributed by atoms with Crippen LogP contribution in [0.2, 0.25) is 0 Å². The Bertz CT molecular complexity index is 485. The summed E-state index contributed by atoms with van der Waals surface area (Å²) >= 11 is 0. The predicted octanol–water partition coefficient (Wildman–Crippen LogP) is 0.717. The summed E-state index contributed by atoms with van der Waals surface area (Å²) in [5.74, 6) is 0. The van der Waals surface area contributed by atoms with Gasteiger partial charge in [-0.05, 0) is 31.0 Å². The maximum absolute atomic E-state index is 12.2. The Labute approximate surface area is 96.1 Å². The first-order chi connectivity index (χ1) is 7.50. The number of sulfonamides is 1. The molecule has 0 aromatic heterocycles. The van der Waals surface area contributed by atoms with Crippen molar-refractivity contribution in [2.45, 2.75) is 24.3 Å². The van der Waals surface area contributed by atoms with Gasteiger partial charge in [0.1, 0.15) is 0 Å². The number of hydrogen-bond acceptors (Lipinski definition) is 3. The zero-order chi connectivity index (χ0) is 11.8. The highest BCUT2D eigenvalue weighted by Gasteiger charge is 2.30. The third-order valence-corrected chi connectivity index (χ3v) is 4.68. The minimum atomic E-state index is -3.34. The molecule has 1 saturated heterocycles. The molecule has 1 aliphatic rings. The quantitative estimate of drug-likeness (QED) is 0.828. The number of benzene rings is 1. The van der Waals surface area contributed by atoms with Crippen LogP contribution in [0.15, 0.2) is 29.2 Å². The molecule has 88 valence electrons. The van der Waals surface area contributed by atoms with Gasteiger partial charge in [-0.15, -0.1) is 0 Å². The first-order valence-corrected chi connectivity index (χ1v) is 6.76. The summed E-state index contributed by atoms with van der Waals surface area (Å²) < 4.78 is 25.9. The van der Waals surface area contributed by atoms with Crippen LogP contribution in [-0.4, -0.2) is 31.9 Å². The van der Waals surface area contributed by atoms with E-state index in [9.17, 15) is 8.42 Å². The van der Waals surface area contributed by atoms with E-state index in [2.05, 4.69) is 0 Å². The van der Waals surface area contributed by atoms with Gasteiger partial charge in [-0.2, -0.15) is 4.31 Å². The van der Waals surface area contributed by atoms with Crippen LogP contribution in [0.5, 0.6) is 0 Å². The highest BCUT2D eigenvalue weighted by atomic mass is 32.2. The normalized spacial score (nSPS) is 22.5. The molecule has 2 N–H and O–H groups in total. The van der Waals surface area contributed by atoms with E-state index in [0.29, 0.717) is 18.0 Å². The van der Waals surface area contributed by atoms with Crippen molar-refractivity contribution in [1.29, 1.82) is 0 Å². The summed E-state index contributed by atoms with van der Waals surface area (Å²) in [5.41, 5.74) is 6.67. The zero-order valence-corrected chi connectivity index (χ0v) is 10.1. The van der Waals surface area contributed by atoms with Gasteiger partial charge in [0, 0.05) is 19.1 Å². The van der Waals surface area contributed by atoms with Crippen molar-refractivity contribution >= 4 is 10.0 Å². The summed E-state index contributed by atoms with van der Waals surface area (Å²) in [7, 11) is -3.34. The molecule has 1 aliphatic heterocycles. The second-order valence-electron chi connectivity index (χ2n) is 4.23. The number of nitrogens with zero attached hydrogens (tertiary/aromatic N) is 1. The first kappa shape index (κ1) is 11.6. The van der Waals surface area contributed by atoms with Gasteiger partial charge < -0.3 is 5.73 Å². The molecular weight excluding hydrogens is 224 g/mol. The molecule has 2 rings (SSSR count).